The number of hydrogen-bond donors (Lipinski definition) is 1. The first-order valence-electron chi connectivity index (χ1n) is 3.14. The number of nitrogens with zero attached hydrogens (tertiary/aromatic N) is 1. The summed E-state index contributed by atoms with van der Waals surface area (Å²) in [6.45, 7) is 0. The molecule has 0 fully saturated rings. The van der Waals surface area contributed by atoms with Crippen molar-refractivity contribution in [2.24, 2.45) is 5.73 Å². The average molecular weight is 211 g/mol. The highest BCUT2D eigenvalue weighted by molar-refractivity contribution is 9.10. The molecule has 2 nitrogen and oxygen atoms in total. The van der Waals surface area contributed by atoms with E-state index in [0.717, 1.165) is 10.0 Å². The molecular weight excluding hydrogens is 204 g/mol. The third kappa shape index (κ3) is 2.04. The molecule has 2 N–H and O–H groups in total. The van der Waals surface area contributed by atoms with Crippen LogP contribution in [0, 0.1) is 11.3 Å². The Kier molecular flexibility index (Phi) is 2.64. The fraction of sp³-hybridized carbons (Fsp3) is 0.125. The van der Waals surface area contributed by atoms with Crippen LogP contribution in [0.5, 0.6) is 0 Å². The molecule has 1 rings (SSSR count). The molecule has 0 aliphatic carbocycles. The zero-order chi connectivity index (χ0) is 8.27. The van der Waals surface area contributed by atoms with Crippen LogP contribution in [0.2, 0.25) is 0 Å². The molecule has 3 heteroatoms. The summed E-state index contributed by atoms with van der Waals surface area (Å²) in [7, 11) is 0. The third-order valence-electron chi connectivity index (χ3n) is 1.37. The maximum atomic E-state index is 8.47. The average Bonchev–Trinajstić information content (AvgIpc) is 2.05. The Balaban J connectivity index is 2.92. The first-order valence-corrected chi connectivity index (χ1v) is 3.94. The zero-order valence-corrected chi connectivity index (χ0v) is 7.38. The van der Waals surface area contributed by atoms with Crippen molar-refractivity contribution in [3.8, 4) is 6.07 Å². The molecule has 0 saturated carbocycles. The molecule has 0 unspecified atom stereocenters. The number of nitriles is 1. The smallest absolute Gasteiger partial charge is 0.118 e. The Labute approximate surface area is 73.8 Å². The van der Waals surface area contributed by atoms with Crippen molar-refractivity contribution in [3.05, 3.63) is 34.3 Å². The lowest BCUT2D eigenvalue weighted by molar-refractivity contribution is 0.926. The first kappa shape index (κ1) is 8.25. The van der Waals surface area contributed by atoms with Crippen molar-refractivity contribution < 1.29 is 0 Å². The monoisotopic (exact) mass is 210 g/mol. The Bertz CT molecular complexity index is 273. The van der Waals surface area contributed by atoms with Gasteiger partial charge in [-0.3, -0.25) is 0 Å². The Morgan fingerprint density at radius 3 is 2.36 bits per heavy atom. The molecule has 0 spiro atoms. The van der Waals surface area contributed by atoms with Gasteiger partial charge in [0, 0.05) is 4.47 Å². The standard InChI is InChI=1S/C8H7BrN2/c9-7-3-1-6(2-4-7)8(11)5-10/h1-4,8H,11H2/t8-/m0/s1. The van der Waals surface area contributed by atoms with Crippen LogP contribution in [-0.4, -0.2) is 0 Å². The number of rotatable bonds is 1. The predicted molar refractivity (Wildman–Crippen MR) is 46.7 cm³/mol. The molecule has 0 amide bonds. The van der Waals surface area contributed by atoms with Gasteiger partial charge in [0.2, 0.25) is 0 Å². The van der Waals surface area contributed by atoms with Crippen LogP contribution in [-0.2, 0) is 0 Å². The van der Waals surface area contributed by atoms with Crippen molar-refractivity contribution in [2.75, 3.05) is 0 Å². The van der Waals surface area contributed by atoms with Gasteiger partial charge in [0.25, 0.3) is 0 Å². The van der Waals surface area contributed by atoms with E-state index in [1.54, 1.807) is 0 Å². The molecule has 56 valence electrons. The Morgan fingerprint density at radius 1 is 1.36 bits per heavy atom. The molecule has 0 aromatic heterocycles. The fourth-order valence-electron chi connectivity index (χ4n) is 0.745. The largest absolute Gasteiger partial charge is 0.312 e. The van der Waals surface area contributed by atoms with Gasteiger partial charge in [0.1, 0.15) is 6.04 Å². The molecule has 1 aromatic carbocycles. The molecular formula is C8H7BrN2. The van der Waals surface area contributed by atoms with Crippen molar-refractivity contribution in [3.63, 3.8) is 0 Å². The summed E-state index contributed by atoms with van der Waals surface area (Å²) >= 11 is 3.29. The first-order chi connectivity index (χ1) is 5.24. The quantitative estimate of drug-likeness (QED) is 0.771. The van der Waals surface area contributed by atoms with Gasteiger partial charge in [0.05, 0.1) is 6.07 Å². The van der Waals surface area contributed by atoms with Crippen LogP contribution in [0.25, 0.3) is 0 Å². The molecule has 0 aliphatic heterocycles. The summed E-state index contributed by atoms with van der Waals surface area (Å²) in [4.78, 5) is 0. The second-order valence-electron chi connectivity index (χ2n) is 2.16. The number of halogens is 1. The van der Waals surface area contributed by atoms with Crippen molar-refractivity contribution in [2.45, 2.75) is 6.04 Å². The summed E-state index contributed by atoms with van der Waals surface area (Å²) in [5.41, 5.74) is 6.31. The predicted octanol–water partition coefficient (Wildman–Crippen LogP) is 1.97. The summed E-state index contributed by atoms with van der Waals surface area (Å²) < 4.78 is 0.992. The van der Waals surface area contributed by atoms with Crippen LogP contribution in [0.4, 0.5) is 0 Å². The normalized spacial score (nSPS) is 12.1. The molecule has 0 radical (unpaired) electrons. The van der Waals surface area contributed by atoms with E-state index in [2.05, 4.69) is 15.9 Å². The van der Waals surface area contributed by atoms with E-state index in [9.17, 15) is 0 Å². The maximum absolute atomic E-state index is 8.47. The highest BCUT2D eigenvalue weighted by Gasteiger charge is 2.01. The Hall–Kier alpha value is -0.850. The van der Waals surface area contributed by atoms with Gasteiger partial charge in [0.15, 0.2) is 0 Å². The lowest BCUT2D eigenvalue weighted by atomic mass is 10.1. The molecule has 11 heavy (non-hydrogen) atoms. The number of benzene rings is 1. The fourth-order valence-corrected chi connectivity index (χ4v) is 1.01. The molecule has 1 atom stereocenters. The van der Waals surface area contributed by atoms with Gasteiger partial charge in [-0.2, -0.15) is 5.26 Å². The van der Waals surface area contributed by atoms with E-state index in [4.69, 9.17) is 11.0 Å². The summed E-state index contributed by atoms with van der Waals surface area (Å²) in [6.07, 6.45) is 0. The van der Waals surface area contributed by atoms with Gasteiger partial charge in [-0.25, -0.2) is 0 Å². The maximum Gasteiger partial charge on any atom is 0.118 e. The van der Waals surface area contributed by atoms with Crippen LogP contribution < -0.4 is 5.73 Å². The Morgan fingerprint density at radius 2 is 1.91 bits per heavy atom. The van der Waals surface area contributed by atoms with Gasteiger partial charge < -0.3 is 5.73 Å². The lowest BCUT2D eigenvalue weighted by Gasteiger charge is -2.01. The molecule has 0 bridgehead atoms. The zero-order valence-electron chi connectivity index (χ0n) is 5.79. The highest BCUT2D eigenvalue weighted by Crippen LogP contribution is 2.14. The van der Waals surface area contributed by atoms with Gasteiger partial charge >= 0.3 is 0 Å². The minimum Gasteiger partial charge on any atom is -0.312 e. The lowest BCUT2D eigenvalue weighted by Crippen LogP contribution is -2.06. The van der Waals surface area contributed by atoms with E-state index in [1.807, 2.05) is 30.3 Å². The second kappa shape index (κ2) is 3.51. The topological polar surface area (TPSA) is 49.8 Å². The van der Waals surface area contributed by atoms with Crippen LogP contribution in [0.1, 0.15) is 11.6 Å². The van der Waals surface area contributed by atoms with E-state index in [1.165, 1.54) is 0 Å². The summed E-state index contributed by atoms with van der Waals surface area (Å²) in [5, 5.41) is 8.47. The van der Waals surface area contributed by atoms with E-state index >= 15 is 0 Å². The summed E-state index contributed by atoms with van der Waals surface area (Å²) in [6, 6.07) is 8.85. The number of nitrogens with two attached hydrogens (primary N) is 1. The second-order valence-corrected chi connectivity index (χ2v) is 3.07. The van der Waals surface area contributed by atoms with Crippen molar-refractivity contribution >= 4 is 15.9 Å². The van der Waals surface area contributed by atoms with Crippen molar-refractivity contribution in [1.82, 2.24) is 0 Å². The summed E-state index contributed by atoms with van der Waals surface area (Å²) in [5.74, 6) is 0. The molecule has 1 aromatic rings. The third-order valence-corrected chi connectivity index (χ3v) is 1.90. The van der Waals surface area contributed by atoms with Gasteiger partial charge in [-0.15, -0.1) is 0 Å². The minimum absolute atomic E-state index is 0.511. The highest BCUT2D eigenvalue weighted by atomic mass is 79.9. The van der Waals surface area contributed by atoms with Gasteiger partial charge in [-0.05, 0) is 17.7 Å². The SMILES string of the molecule is N#C[C@H](N)c1ccc(Br)cc1. The van der Waals surface area contributed by atoms with E-state index in [-0.39, 0.29) is 0 Å². The molecule has 0 saturated heterocycles. The van der Waals surface area contributed by atoms with E-state index in [0.29, 0.717) is 0 Å². The van der Waals surface area contributed by atoms with E-state index < -0.39 is 6.04 Å². The molecule has 0 heterocycles. The van der Waals surface area contributed by atoms with Crippen molar-refractivity contribution in [1.29, 1.82) is 5.26 Å². The van der Waals surface area contributed by atoms with Crippen LogP contribution >= 0.6 is 15.9 Å². The van der Waals surface area contributed by atoms with Gasteiger partial charge in [-0.1, -0.05) is 28.1 Å². The van der Waals surface area contributed by atoms with Crippen LogP contribution in [0.3, 0.4) is 0 Å². The molecule has 0 aliphatic rings. The van der Waals surface area contributed by atoms with Crippen LogP contribution in [0.15, 0.2) is 28.7 Å². The number of hydrogen-bond acceptors (Lipinski definition) is 2. The minimum atomic E-state index is -0.511.